The molecule has 0 radical (unpaired) electrons. The van der Waals surface area contributed by atoms with Crippen molar-refractivity contribution in [2.24, 2.45) is 7.05 Å². The van der Waals surface area contributed by atoms with Crippen molar-refractivity contribution < 1.29 is 19.6 Å². The molecular formula is C22H28N5O4+. The highest BCUT2D eigenvalue weighted by atomic mass is 16.5. The van der Waals surface area contributed by atoms with Crippen molar-refractivity contribution in [3.63, 3.8) is 0 Å². The molecule has 1 aromatic heterocycles. The fraction of sp³-hybridized carbons (Fsp3) is 0.500. The number of aryl methyl sites for hydroxylation is 1. The minimum Gasteiger partial charge on any atom is -0.370 e. The maximum atomic E-state index is 13.0. The number of fused-ring (bicyclic) bond motifs is 1. The van der Waals surface area contributed by atoms with E-state index in [9.17, 15) is 14.4 Å². The number of benzene rings is 1. The third-order valence-corrected chi connectivity index (χ3v) is 5.87. The quantitative estimate of drug-likeness (QED) is 0.461. The van der Waals surface area contributed by atoms with Crippen LogP contribution in [0.25, 0.3) is 11.0 Å². The molecule has 3 N–H and O–H groups in total. The molecule has 2 aromatic rings. The fourth-order valence-electron chi connectivity index (χ4n) is 4.35. The standard InChI is InChI=1S/C22H27N5O4/c1-23-13-16-14-26(11-12-31-16)10-4-6-15-5-3-7-17-20(15)25(2)22(30)27(17)18-8-9-19(28)24-21(18)29/h3,5,7,16,18,23H,8-14H2,1-2H3,(H,24,28,29)/p+1/t16-,18?/m0/s1. The zero-order valence-electron chi connectivity index (χ0n) is 17.9. The van der Waals surface area contributed by atoms with Crippen LogP contribution in [0.2, 0.25) is 0 Å². The molecule has 0 spiro atoms. The van der Waals surface area contributed by atoms with Crippen molar-refractivity contribution in [3.05, 3.63) is 34.2 Å². The summed E-state index contributed by atoms with van der Waals surface area (Å²) in [4.78, 5) is 39.1. The highest BCUT2D eigenvalue weighted by Gasteiger charge is 2.31. The van der Waals surface area contributed by atoms with Crippen molar-refractivity contribution >= 4 is 22.8 Å². The van der Waals surface area contributed by atoms with Gasteiger partial charge in [-0.1, -0.05) is 17.9 Å². The van der Waals surface area contributed by atoms with E-state index in [-0.39, 0.29) is 24.1 Å². The Morgan fingerprint density at radius 2 is 2.13 bits per heavy atom. The van der Waals surface area contributed by atoms with Gasteiger partial charge in [-0.2, -0.15) is 0 Å². The van der Waals surface area contributed by atoms with Crippen LogP contribution in [0, 0.1) is 11.8 Å². The number of aromatic nitrogens is 2. The van der Waals surface area contributed by atoms with Crippen molar-refractivity contribution in [2.75, 3.05) is 39.8 Å². The zero-order valence-corrected chi connectivity index (χ0v) is 17.9. The van der Waals surface area contributed by atoms with E-state index in [0.717, 1.165) is 25.2 Å². The third-order valence-electron chi connectivity index (χ3n) is 5.87. The highest BCUT2D eigenvalue weighted by molar-refractivity contribution is 6.00. The van der Waals surface area contributed by atoms with Crippen molar-refractivity contribution in [2.45, 2.75) is 25.0 Å². The Morgan fingerprint density at radius 1 is 1.29 bits per heavy atom. The fourth-order valence-corrected chi connectivity index (χ4v) is 4.35. The number of nitrogens with zero attached hydrogens (tertiary/aromatic N) is 3. The molecule has 1 aromatic carbocycles. The molecule has 0 aliphatic carbocycles. The minimum absolute atomic E-state index is 0.215. The first-order valence-electron chi connectivity index (χ1n) is 10.6. The van der Waals surface area contributed by atoms with Gasteiger partial charge in [0.1, 0.15) is 18.7 Å². The Morgan fingerprint density at radius 3 is 2.90 bits per heavy atom. The van der Waals surface area contributed by atoms with Gasteiger partial charge in [0, 0.05) is 26.6 Å². The van der Waals surface area contributed by atoms with Gasteiger partial charge in [0.25, 0.3) is 0 Å². The van der Waals surface area contributed by atoms with E-state index in [1.54, 1.807) is 7.05 Å². The average Bonchev–Trinajstić information content (AvgIpc) is 3.00. The zero-order chi connectivity index (χ0) is 22.0. The second-order valence-corrected chi connectivity index (χ2v) is 8.03. The Balaban J connectivity index is 1.61. The Labute approximate surface area is 180 Å². The van der Waals surface area contributed by atoms with Crippen LogP contribution in [0.4, 0.5) is 0 Å². The third kappa shape index (κ3) is 4.28. The van der Waals surface area contributed by atoms with E-state index in [4.69, 9.17) is 4.74 Å². The number of amides is 2. The number of quaternary nitrogens is 1. The molecule has 164 valence electrons. The number of nitrogens with one attached hydrogen (secondary N) is 1. The summed E-state index contributed by atoms with van der Waals surface area (Å²) in [6.45, 7) is 3.97. The van der Waals surface area contributed by atoms with Crippen molar-refractivity contribution in [1.29, 1.82) is 0 Å². The highest BCUT2D eigenvalue weighted by Crippen LogP contribution is 2.24. The van der Waals surface area contributed by atoms with Crippen LogP contribution >= 0.6 is 0 Å². The first-order chi connectivity index (χ1) is 15.0. The Bertz CT molecular complexity index is 1120. The smallest absolute Gasteiger partial charge is 0.329 e. The Kier molecular flexibility index (Phi) is 6.23. The van der Waals surface area contributed by atoms with Gasteiger partial charge >= 0.3 is 5.69 Å². The molecule has 1 unspecified atom stereocenters. The van der Waals surface area contributed by atoms with E-state index in [1.165, 1.54) is 9.13 Å². The summed E-state index contributed by atoms with van der Waals surface area (Å²) >= 11 is 0. The number of carbonyl (C=O) groups is 2. The van der Waals surface area contributed by atoms with E-state index in [2.05, 4.69) is 27.4 Å². The van der Waals surface area contributed by atoms with Gasteiger partial charge in [-0.05, 0) is 18.6 Å². The first kappa shape index (κ1) is 21.3. The number of likely N-dealkylation sites (N-methyl/N-ethyl adjacent to an activating group) is 1. The number of imide groups is 1. The van der Waals surface area contributed by atoms with Crippen molar-refractivity contribution in [3.8, 4) is 11.8 Å². The number of morpholine rings is 1. The lowest BCUT2D eigenvalue weighted by molar-refractivity contribution is -0.634. The van der Waals surface area contributed by atoms with Crippen LogP contribution in [0.5, 0.6) is 0 Å². The van der Waals surface area contributed by atoms with Crippen LogP contribution in [0.15, 0.2) is 23.0 Å². The predicted molar refractivity (Wildman–Crippen MR) is 114 cm³/mol. The molecule has 9 heteroatoms. The van der Waals surface area contributed by atoms with Crippen LogP contribution in [-0.4, -0.2) is 71.8 Å². The minimum atomic E-state index is -0.697. The maximum absolute atomic E-state index is 13.0. The Hall–Kier alpha value is -2.93. The van der Waals surface area contributed by atoms with Crippen molar-refractivity contribution in [1.82, 2.24) is 19.4 Å². The summed E-state index contributed by atoms with van der Waals surface area (Å²) in [7, 11) is 3.72. The second-order valence-electron chi connectivity index (χ2n) is 8.03. The average molecular weight is 426 g/mol. The van der Waals surface area contributed by atoms with Gasteiger partial charge in [-0.25, -0.2) is 4.79 Å². The summed E-state index contributed by atoms with van der Waals surface area (Å²) in [6.07, 6.45) is 0.745. The number of imidazole rings is 1. The van der Waals surface area contributed by atoms with Gasteiger partial charge < -0.3 is 10.1 Å². The number of hydrogen-bond acceptors (Lipinski definition) is 5. The van der Waals surface area contributed by atoms with E-state index in [0.29, 0.717) is 30.6 Å². The molecule has 9 nitrogen and oxygen atoms in total. The van der Waals surface area contributed by atoms with Crippen LogP contribution in [0.1, 0.15) is 24.4 Å². The van der Waals surface area contributed by atoms with Crippen LogP contribution in [-0.2, 0) is 21.4 Å². The van der Waals surface area contributed by atoms with Crippen LogP contribution < -0.4 is 16.3 Å². The van der Waals surface area contributed by atoms with Gasteiger partial charge in [-0.3, -0.25) is 28.9 Å². The number of nitrogens with two attached hydrogens (primary N) is 1. The van der Waals surface area contributed by atoms with E-state index in [1.807, 2.05) is 25.2 Å². The van der Waals surface area contributed by atoms with Gasteiger partial charge in [0.15, 0.2) is 0 Å². The van der Waals surface area contributed by atoms with Gasteiger partial charge in [0.2, 0.25) is 11.8 Å². The molecule has 31 heavy (non-hydrogen) atoms. The SMILES string of the molecule is C[NH2+]C[C@H]1CN(CC#Cc2cccc3c2n(C)c(=O)n3C2CCC(=O)NC2=O)CCO1. The number of rotatable bonds is 4. The van der Waals surface area contributed by atoms with E-state index >= 15 is 0 Å². The molecule has 2 saturated heterocycles. The number of para-hydroxylation sites is 1. The molecule has 2 aliphatic rings. The molecule has 0 saturated carbocycles. The largest absolute Gasteiger partial charge is 0.370 e. The predicted octanol–water partition coefficient (Wildman–Crippen LogP) is -1.44. The topological polar surface area (TPSA) is 102 Å². The lowest BCUT2D eigenvalue weighted by atomic mass is 10.1. The molecule has 2 amide bonds. The summed E-state index contributed by atoms with van der Waals surface area (Å²) < 4.78 is 8.77. The molecule has 4 rings (SSSR count). The molecular weight excluding hydrogens is 398 g/mol. The number of carbonyl (C=O) groups excluding carboxylic acids is 2. The number of ether oxygens (including phenoxy) is 1. The number of hydrogen-bond donors (Lipinski definition) is 2. The normalized spacial score (nSPS) is 22.3. The lowest BCUT2D eigenvalue weighted by Gasteiger charge is -2.30. The summed E-state index contributed by atoms with van der Waals surface area (Å²) in [6, 6.07) is 4.85. The molecule has 2 aliphatic heterocycles. The molecule has 2 fully saturated rings. The molecule has 3 heterocycles. The first-order valence-corrected chi connectivity index (χ1v) is 10.6. The lowest BCUT2D eigenvalue weighted by Crippen LogP contribution is -2.83. The summed E-state index contributed by atoms with van der Waals surface area (Å²) in [5.74, 6) is 5.72. The van der Waals surface area contributed by atoms with E-state index < -0.39 is 11.9 Å². The van der Waals surface area contributed by atoms with Gasteiger partial charge in [0.05, 0.1) is 36.8 Å². The van der Waals surface area contributed by atoms with Crippen LogP contribution in [0.3, 0.4) is 0 Å². The summed E-state index contributed by atoms with van der Waals surface area (Å²) in [5.41, 5.74) is 1.81. The monoisotopic (exact) mass is 426 g/mol. The molecule has 2 atom stereocenters. The maximum Gasteiger partial charge on any atom is 0.329 e. The molecule has 0 bridgehead atoms. The summed E-state index contributed by atoms with van der Waals surface area (Å²) in [5, 5.41) is 4.45. The van der Waals surface area contributed by atoms with Gasteiger partial charge in [-0.15, -0.1) is 0 Å². The number of piperidine rings is 1. The second kappa shape index (κ2) is 9.06.